The quantitative estimate of drug-likeness (QED) is 0.744. The molecule has 90 valence electrons. The lowest BCUT2D eigenvalue weighted by molar-refractivity contribution is 0.503. The molecule has 1 nitrogen and oxygen atoms in total. The first-order valence-electron chi connectivity index (χ1n) is 6.77. The molecule has 0 aromatic heterocycles. The van der Waals surface area contributed by atoms with Crippen LogP contribution in [-0.2, 0) is 0 Å². The maximum absolute atomic E-state index is 9.55. The number of hydrogen-bond donors (Lipinski definition) is 0. The topological polar surface area (TPSA) is 23.8 Å². The standard InChI is InChI=1S/C17H17N/c18-12-17(14-7-1-2-8-14)16-11-5-9-13-6-3-4-10-15(13)16/h3-6,9-11,14,17H,1-2,7-8H2. The Bertz CT molecular complexity index is 583. The molecule has 0 heterocycles. The van der Waals surface area contributed by atoms with Gasteiger partial charge in [-0.2, -0.15) is 5.26 Å². The summed E-state index contributed by atoms with van der Waals surface area (Å²) in [4.78, 5) is 0. The Hall–Kier alpha value is -1.81. The van der Waals surface area contributed by atoms with Crippen LogP contribution >= 0.6 is 0 Å². The van der Waals surface area contributed by atoms with Gasteiger partial charge in [0.15, 0.2) is 0 Å². The molecule has 1 unspecified atom stereocenters. The maximum atomic E-state index is 9.55. The van der Waals surface area contributed by atoms with Crippen LogP contribution in [0.5, 0.6) is 0 Å². The minimum absolute atomic E-state index is 0.0681. The van der Waals surface area contributed by atoms with Crippen molar-refractivity contribution < 1.29 is 0 Å². The Kier molecular flexibility index (Phi) is 3.02. The first-order chi connectivity index (χ1) is 8.90. The number of fused-ring (bicyclic) bond motifs is 1. The summed E-state index contributed by atoms with van der Waals surface area (Å²) < 4.78 is 0. The second kappa shape index (κ2) is 4.82. The number of rotatable bonds is 2. The highest BCUT2D eigenvalue weighted by Crippen LogP contribution is 2.39. The van der Waals surface area contributed by atoms with Gasteiger partial charge in [-0.3, -0.25) is 0 Å². The predicted octanol–water partition coefficient (Wildman–Crippen LogP) is 4.64. The molecule has 2 aromatic rings. The summed E-state index contributed by atoms with van der Waals surface area (Å²) in [5.74, 6) is 0.624. The molecule has 2 aromatic carbocycles. The molecule has 0 bridgehead atoms. The molecule has 1 atom stereocenters. The molecule has 0 aliphatic heterocycles. The van der Waals surface area contributed by atoms with E-state index in [2.05, 4.69) is 48.5 Å². The Balaban J connectivity index is 2.09. The Morgan fingerprint density at radius 2 is 1.72 bits per heavy atom. The van der Waals surface area contributed by atoms with Crippen LogP contribution in [0, 0.1) is 17.2 Å². The van der Waals surface area contributed by atoms with Crippen molar-refractivity contribution in [2.45, 2.75) is 31.6 Å². The molecule has 0 saturated heterocycles. The number of nitriles is 1. The average molecular weight is 235 g/mol. The van der Waals surface area contributed by atoms with Gasteiger partial charge in [0, 0.05) is 0 Å². The summed E-state index contributed by atoms with van der Waals surface area (Å²) in [6, 6.07) is 17.3. The van der Waals surface area contributed by atoms with Crippen molar-refractivity contribution in [1.29, 1.82) is 5.26 Å². The summed E-state index contributed by atoms with van der Waals surface area (Å²) in [5, 5.41) is 12.0. The third-order valence-corrected chi connectivity index (χ3v) is 4.17. The molecule has 3 rings (SSSR count). The maximum Gasteiger partial charge on any atom is 0.0746 e. The van der Waals surface area contributed by atoms with Crippen LogP contribution < -0.4 is 0 Å². The van der Waals surface area contributed by atoms with Crippen molar-refractivity contribution >= 4 is 10.8 Å². The van der Waals surface area contributed by atoms with E-state index >= 15 is 0 Å². The molecule has 0 N–H and O–H groups in total. The van der Waals surface area contributed by atoms with Crippen molar-refractivity contribution in [3.05, 3.63) is 48.0 Å². The van der Waals surface area contributed by atoms with Crippen LogP contribution in [0.4, 0.5) is 0 Å². The van der Waals surface area contributed by atoms with Crippen LogP contribution in [0.15, 0.2) is 42.5 Å². The van der Waals surface area contributed by atoms with E-state index in [1.54, 1.807) is 0 Å². The van der Waals surface area contributed by atoms with E-state index in [9.17, 15) is 5.26 Å². The zero-order valence-corrected chi connectivity index (χ0v) is 10.5. The van der Waals surface area contributed by atoms with Crippen LogP contribution in [0.25, 0.3) is 10.8 Å². The molecule has 0 spiro atoms. The summed E-state index contributed by atoms with van der Waals surface area (Å²) in [6.45, 7) is 0. The van der Waals surface area contributed by atoms with E-state index in [0.717, 1.165) is 0 Å². The van der Waals surface area contributed by atoms with Gasteiger partial charge in [0.05, 0.1) is 12.0 Å². The van der Waals surface area contributed by atoms with Crippen LogP contribution in [0.1, 0.15) is 37.2 Å². The van der Waals surface area contributed by atoms with Crippen LogP contribution in [0.2, 0.25) is 0 Å². The molecular formula is C17H17N. The predicted molar refractivity (Wildman–Crippen MR) is 74.3 cm³/mol. The van der Waals surface area contributed by atoms with E-state index in [4.69, 9.17) is 0 Å². The van der Waals surface area contributed by atoms with Gasteiger partial charge in [-0.15, -0.1) is 0 Å². The number of nitrogens with zero attached hydrogens (tertiary/aromatic N) is 1. The van der Waals surface area contributed by atoms with E-state index in [-0.39, 0.29) is 5.92 Å². The summed E-state index contributed by atoms with van der Waals surface area (Å²) in [7, 11) is 0. The molecule has 1 fully saturated rings. The second-order valence-electron chi connectivity index (χ2n) is 5.22. The lowest BCUT2D eigenvalue weighted by atomic mass is 9.83. The monoisotopic (exact) mass is 235 g/mol. The van der Waals surface area contributed by atoms with Gasteiger partial charge in [0.2, 0.25) is 0 Å². The molecule has 1 saturated carbocycles. The fraction of sp³-hybridized carbons (Fsp3) is 0.353. The molecule has 1 heteroatoms. The third kappa shape index (κ3) is 1.88. The SMILES string of the molecule is N#CC(c1cccc2ccccc12)C1CCCC1. The molecule has 18 heavy (non-hydrogen) atoms. The first-order valence-corrected chi connectivity index (χ1v) is 6.77. The third-order valence-electron chi connectivity index (χ3n) is 4.17. The van der Waals surface area contributed by atoms with Gasteiger partial charge >= 0.3 is 0 Å². The van der Waals surface area contributed by atoms with Gasteiger partial charge in [-0.25, -0.2) is 0 Å². The highest BCUT2D eigenvalue weighted by Gasteiger charge is 2.27. The van der Waals surface area contributed by atoms with Gasteiger partial charge in [-0.05, 0) is 35.1 Å². The van der Waals surface area contributed by atoms with E-state index in [0.29, 0.717) is 5.92 Å². The first kappa shape index (κ1) is 11.3. The smallest absolute Gasteiger partial charge is 0.0746 e. The minimum atomic E-state index is 0.0681. The molecule has 1 aliphatic carbocycles. The van der Waals surface area contributed by atoms with Crippen LogP contribution in [-0.4, -0.2) is 0 Å². The number of hydrogen-bond acceptors (Lipinski definition) is 1. The number of benzene rings is 2. The molecule has 0 amide bonds. The van der Waals surface area contributed by atoms with Crippen molar-refractivity contribution in [2.24, 2.45) is 5.92 Å². The zero-order chi connectivity index (χ0) is 12.4. The van der Waals surface area contributed by atoms with Crippen molar-refractivity contribution in [3.63, 3.8) is 0 Å². The van der Waals surface area contributed by atoms with Gasteiger partial charge in [0.25, 0.3) is 0 Å². The van der Waals surface area contributed by atoms with Gasteiger partial charge in [0.1, 0.15) is 0 Å². The minimum Gasteiger partial charge on any atom is -0.198 e. The van der Waals surface area contributed by atoms with E-state index in [1.807, 2.05) is 0 Å². The highest BCUT2D eigenvalue weighted by molar-refractivity contribution is 5.86. The average Bonchev–Trinajstić information content (AvgIpc) is 2.94. The van der Waals surface area contributed by atoms with E-state index in [1.165, 1.54) is 42.0 Å². The molecule has 1 aliphatic rings. The van der Waals surface area contributed by atoms with Crippen molar-refractivity contribution in [1.82, 2.24) is 0 Å². The largest absolute Gasteiger partial charge is 0.198 e. The summed E-state index contributed by atoms with van der Waals surface area (Å²) in [5.41, 5.74) is 1.22. The summed E-state index contributed by atoms with van der Waals surface area (Å²) >= 11 is 0. The molecule has 0 radical (unpaired) electrons. The van der Waals surface area contributed by atoms with Crippen molar-refractivity contribution in [2.75, 3.05) is 0 Å². The lowest BCUT2D eigenvalue weighted by Gasteiger charge is -2.18. The normalized spacial score (nSPS) is 17.7. The lowest BCUT2D eigenvalue weighted by Crippen LogP contribution is -2.08. The van der Waals surface area contributed by atoms with Gasteiger partial charge in [-0.1, -0.05) is 55.3 Å². The zero-order valence-electron chi connectivity index (χ0n) is 10.5. The Morgan fingerprint density at radius 3 is 2.50 bits per heavy atom. The van der Waals surface area contributed by atoms with Crippen molar-refractivity contribution in [3.8, 4) is 6.07 Å². The fourth-order valence-electron chi connectivity index (χ4n) is 3.24. The van der Waals surface area contributed by atoms with Crippen LogP contribution in [0.3, 0.4) is 0 Å². The van der Waals surface area contributed by atoms with E-state index < -0.39 is 0 Å². The Labute approximate surface area is 108 Å². The Morgan fingerprint density at radius 1 is 1.00 bits per heavy atom. The second-order valence-corrected chi connectivity index (χ2v) is 5.22. The highest BCUT2D eigenvalue weighted by atomic mass is 14.4. The van der Waals surface area contributed by atoms with Gasteiger partial charge < -0.3 is 0 Å². The summed E-state index contributed by atoms with van der Waals surface area (Å²) in [6.07, 6.45) is 4.99. The molecular weight excluding hydrogens is 218 g/mol. The fourth-order valence-corrected chi connectivity index (χ4v) is 3.24.